The van der Waals surface area contributed by atoms with Crippen LogP contribution in [0.4, 0.5) is 5.69 Å². The summed E-state index contributed by atoms with van der Waals surface area (Å²) in [5.74, 6) is 1.04. The average molecular weight is 354 g/mol. The number of nitrogens with two attached hydrogens (primary N) is 1. The molecule has 0 spiro atoms. The van der Waals surface area contributed by atoms with E-state index in [2.05, 4.69) is 45.7 Å². The highest BCUT2D eigenvalue weighted by Crippen LogP contribution is 2.33. The zero-order valence-corrected chi connectivity index (χ0v) is 14.3. The summed E-state index contributed by atoms with van der Waals surface area (Å²) < 4.78 is 1.06. The van der Waals surface area contributed by atoms with E-state index in [-0.39, 0.29) is 0 Å². The third kappa shape index (κ3) is 3.65. The van der Waals surface area contributed by atoms with Crippen molar-refractivity contribution in [1.29, 1.82) is 0 Å². The monoisotopic (exact) mass is 353 g/mol. The first kappa shape index (κ1) is 15.6. The first-order chi connectivity index (χ1) is 9.65. The van der Waals surface area contributed by atoms with E-state index in [9.17, 15) is 0 Å². The van der Waals surface area contributed by atoms with E-state index in [0.717, 1.165) is 51.3 Å². The van der Waals surface area contributed by atoms with Gasteiger partial charge in [0.1, 0.15) is 0 Å². The Morgan fingerprint density at radius 2 is 2.05 bits per heavy atom. The summed E-state index contributed by atoms with van der Waals surface area (Å²) >= 11 is 5.34. The van der Waals surface area contributed by atoms with E-state index >= 15 is 0 Å². The van der Waals surface area contributed by atoms with Gasteiger partial charge in [-0.15, -0.1) is 11.8 Å². The molecule has 0 fully saturated rings. The van der Waals surface area contributed by atoms with Gasteiger partial charge in [-0.25, -0.2) is 0 Å². The van der Waals surface area contributed by atoms with Crippen molar-refractivity contribution in [2.75, 3.05) is 31.1 Å². The fourth-order valence-corrected chi connectivity index (χ4v) is 3.59. The van der Waals surface area contributed by atoms with Crippen LogP contribution in [0.3, 0.4) is 0 Å². The van der Waals surface area contributed by atoms with Crippen molar-refractivity contribution in [1.82, 2.24) is 9.88 Å². The van der Waals surface area contributed by atoms with E-state index in [1.54, 1.807) is 6.20 Å². The molecule has 0 unspecified atom stereocenters. The highest BCUT2D eigenvalue weighted by molar-refractivity contribution is 9.10. The van der Waals surface area contributed by atoms with Crippen LogP contribution < -0.4 is 5.73 Å². The average Bonchev–Trinajstić information content (AvgIpc) is 2.45. The maximum Gasteiger partial charge on any atom is 0.0715 e. The molecule has 0 saturated carbocycles. The fraction of sp³-hybridized carbons (Fsp3) is 0.400. The Kier molecular flexibility index (Phi) is 5.69. The second kappa shape index (κ2) is 7.29. The maximum atomic E-state index is 6.11. The summed E-state index contributed by atoms with van der Waals surface area (Å²) in [6, 6.07) is 6.13. The number of thioether (sulfide) groups is 1. The van der Waals surface area contributed by atoms with Gasteiger partial charge in [0, 0.05) is 27.1 Å². The summed E-state index contributed by atoms with van der Waals surface area (Å²) in [6.45, 7) is 7.66. The zero-order valence-electron chi connectivity index (χ0n) is 11.9. The first-order valence-corrected chi connectivity index (χ1v) is 8.62. The quantitative estimate of drug-likeness (QED) is 0.796. The molecule has 1 heterocycles. The smallest absolute Gasteiger partial charge is 0.0715 e. The topological polar surface area (TPSA) is 42.1 Å². The number of nitrogen functional groups attached to an aromatic ring is 1. The van der Waals surface area contributed by atoms with E-state index in [1.807, 2.05) is 23.9 Å². The third-order valence-electron chi connectivity index (χ3n) is 3.36. The lowest BCUT2D eigenvalue weighted by atomic mass is 10.2. The number of pyridine rings is 1. The molecule has 0 aliphatic rings. The maximum absolute atomic E-state index is 6.11. The van der Waals surface area contributed by atoms with Crippen molar-refractivity contribution in [3.8, 4) is 0 Å². The lowest BCUT2D eigenvalue weighted by Crippen LogP contribution is -2.25. The lowest BCUT2D eigenvalue weighted by molar-refractivity contribution is 0.324. The van der Waals surface area contributed by atoms with Gasteiger partial charge >= 0.3 is 0 Å². The molecule has 108 valence electrons. The van der Waals surface area contributed by atoms with Gasteiger partial charge in [0.15, 0.2) is 0 Å². The Hall–Kier alpha value is -0.780. The number of fused-ring (bicyclic) bond motifs is 1. The van der Waals surface area contributed by atoms with Gasteiger partial charge in [-0.3, -0.25) is 4.98 Å². The normalized spacial score (nSPS) is 11.4. The highest BCUT2D eigenvalue weighted by atomic mass is 79.9. The Balaban J connectivity index is 2.20. The molecule has 20 heavy (non-hydrogen) atoms. The number of halogens is 1. The van der Waals surface area contributed by atoms with Gasteiger partial charge in [-0.2, -0.15) is 0 Å². The summed E-state index contributed by atoms with van der Waals surface area (Å²) in [5, 5.41) is 1.13. The minimum absolute atomic E-state index is 0.764. The van der Waals surface area contributed by atoms with Crippen LogP contribution in [0.2, 0.25) is 0 Å². The van der Waals surface area contributed by atoms with Crippen molar-refractivity contribution < 1.29 is 0 Å². The molecule has 3 nitrogen and oxygen atoms in total. The number of anilines is 1. The van der Waals surface area contributed by atoms with E-state index in [4.69, 9.17) is 5.73 Å². The Labute approximate surface area is 133 Å². The van der Waals surface area contributed by atoms with Gasteiger partial charge in [0.2, 0.25) is 0 Å². The van der Waals surface area contributed by atoms with Gasteiger partial charge in [-0.05, 0) is 31.3 Å². The van der Waals surface area contributed by atoms with Crippen LogP contribution in [0.15, 0.2) is 33.8 Å². The molecular formula is C15H20BrN3S. The molecule has 5 heteroatoms. The summed E-state index contributed by atoms with van der Waals surface area (Å²) in [7, 11) is 0. The number of rotatable bonds is 6. The molecule has 1 aromatic heterocycles. The van der Waals surface area contributed by atoms with Crippen molar-refractivity contribution in [2.45, 2.75) is 18.7 Å². The van der Waals surface area contributed by atoms with Crippen LogP contribution >= 0.6 is 27.7 Å². The summed E-state index contributed by atoms with van der Waals surface area (Å²) in [4.78, 5) is 7.95. The molecule has 0 aliphatic carbocycles. The second-order valence-corrected chi connectivity index (χ2v) is 6.60. The molecule has 0 radical (unpaired) electrons. The lowest BCUT2D eigenvalue weighted by Gasteiger charge is -2.18. The fourth-order valence-electron chi connectivity index (χ4n) is 2.13. The molecule has 2 rings (SSSR count). The van der Waals surface area contributed by atoms with Crippen LogP contribution in [-0.2, 0) is 0 Å². The molecule has 0 atom stereocenters. The molecule has 0 amide bonds. The predicted octanol–water partition coefficient (Wildman–Crippen LogP) is 4.01. The van der Waals surface area contributed by atoms with E-state index in [0.29, 0.717) is 0 Å². The van der Waals surface area contributed by atoms with E-state index < -0.39 is 0 Å². The second-order valence-electron chi connectivity index (χ2n) is 4.58. The number of nitrogens with zero attached hydrogens (tertiary/aromatic N) is 2. The first-order valence-electron chi connectivity index (χ1n) is 6.84. The molecular weight excluding hydrogens is 334 g/mol. The van der Waals surface area contributed by atoms with Gasteiger partial charge in [0.05, 0.1) is 17.4 Å². The largest absolute Gasteiger partial charge is 0.397 e. The highest BCUT2D eigenvalue weighted by Gasteiger charge is 2.09. The van der Waals surface area contributed by atoms with Crippen LogP contribution in [0.5, 0.6) is 0 Å². The third-order valence-corrected chi connectivity index (χ3v) is 4.98. The molecule has 1 aromatic carbocycles. The Bertz CT molecular complexity index is 579. The number of aromatic nitrogens is 1. The van der Waals surface area contributed by atoms with Gasteiger partial charge in [-0.1, -0.05) is 29.8 Å². The summed E-state index contributed by atoms with van der Waals surface area (Å²) in [5.41, 5.74) is 7.86. The molecule has 0 bridgehead atoms. The molecule has 0 aliphatic heterocycles. The standard InChI is InChI=1S/C15H20BrN3S/c1-3-19(4-2)7-8-20-15-12-9-11(16)5-6-14(12)18-10-13(15)17/h5-6,9-10H,3-4,7-8,17H2,1-2H3. The van der Waals surface area contributed by atoms with E-state index in [1.165, 1.54) is 0 Å². The SMILES string of the molecule is CCN(CC)CCSc1c(N)cnc2ccc(Br)cc12. The van der Waals surface area contributed by atoms with Crippen molar-refractivity contribution in [2.24, 2.45) is 0 Å². The van der Waals surface area contributed by atoms with Crippen molar-refractivity contribution in [3.63, 3.8) is 0 Å². The predicted molar refractivity (Wildman–Crippen MR) is 92.4 cm³/mol. The minimum Gasteiger partial charge on any atom is -0.397 e. The van der Waals surface area contributed by atoms with Crippen LogP contribution in [0.25, 0.3) is 10.9 Å². The van der Waals surface area contributed by atoms with Crippen LogP contribution in [0.1, 0.15) is 13.8 Å². The number of hydrogen-bond donors (Lipinski definition) is 1. The van der Waals surface area contributed by atoms with Crippen LogP contribution in [-0.4, -0.2) is 35.3 Å². The minimum atomic E-state index is 0.764. The number of hydrogen-bond acceptors (Lipinski definition) is 4. The Morgan fingerprint density at radius 1 is 1.30 bits per heavy atom. The van der Waals surface area contributed by atoms with Gasteiger partial charge in [0.25, 0.3) is 0 Å². The number of benzene rings is 1. The molecule has 2 aromatic rings. The van der Waals surface area contributed by atoms with Crippen LogP contribution in [0, 0.1) is 0 Å². The molecule has 0 saturated heterocycles. The zero-order chi connectivity index (χ0) is 14.5. The Morgan fingerprint density at radius 3 is 2.75 bits per heavy atom. The van der Waals surface area contributed by atoms with Crippen molar-refractivity contribution >= 4 is 44.3 Å². The summed E-state index contributed by atoms with van der Waals surface area (Å²) in [6.07, 6.45) is 1.76. The van der Waals surface area contributed by atoms with Gasteiger partial charge < -0.3 is 10.6 Å². The molecule has 2 N–H and O–H groups in total. The van der Waals surface area contributed by atoms with Crippen molar-refractivity contribution in [3.05, 3.63) is 28.9 Å².